The molecule has 0 atom stereocenters. The van der Waals surface area contributed by atoms with Crippen LogP contribution < -0.4 is 10.6 Å². The second-order valence-electron chi connectivity index (χ2n) is 5.73. The van der Waals surface area contributed by atoms with Crippen LogP contribution in [0, 0.1) is 6.92 Å². The smallest absolute Gasteiger partial charge is 0.172 e. The first-order valence-electron chi connectivity index (χ1n) is 7.61. The third-order valence-electron chi connectivity index (χ3n) is 4.53. The number of hydrogen-bond acceptors (Lipinski definition) is 4. The van der Waals surface area contributed by atoms with Crippen LogP contribution in [-0.4, -0.2) is 48.7 Å². The molecule has 1 saturated heterocycles. The molecule has 5 nitrogen and oxygen atoms in total. The maximum Gasteiger partial charge on any atom is 0.172 e. The van der Waals surface area contributed by atoms with Gasteiger partial charge in [0.25, 0.3) is 0 Å². The summed E-state index contributed by atoms with van der Waals surface area (Å²) < 4.78 is 0. The lowest BCUT2D eigenvalue weighted by Crippen LogP contribution is -2.44. The highest BCUT2D eigenvalue weighted by atomic mass is 16.4. The van der Waals surface area contributed by atoms with Crippen molar-refractivity contribution in [3.8, 4) is 0 Å². The highest BCUT2D eigenvalue weighted by Gasteiger charge is 2.24. The third kappa shape index (κ3) is 3.29. The Bertz CT molecular complexity index is 507. The number of anilines is 1. The highest BCUT2D eigenvalue weighted by Crippen LogP contribution is 2.28. The summed E-state index contributed by atoms with van der Waals surface area (Å²) in [6.45, 7) is 7.67. The van der Waals surface area contributed by atoms with Gasteiger partial charge in [-0.2, -0.15) is 0 Å². The minimum Gasteiger partial charge on any atom is -0.409 e. The molecule has 1 aromatic rings. The van der Waals surface area contributed by atoms with E-state index in [4.69, 9.17) is 10.9 Å². The van der Waals surface area contributed by atoms with E-state index in [2.05, 4.69) is 41.9 Å². The van der Waals surface area contributed by atoms with Crippen molar-refractivity contribution in [2.45, 2.75) is 32.7 Å². The molecule has 1 aliphatic rings. The second-order valence-corrected chi connectivity index (χ2v) is 5.73. The number of aryl methyl sites for hydroxylation is 1. The Morgan fingerprint density at radius 2 is 2.10 bits per heavy atom. The Hall–Kier alpha value is -1.75. The molecule has 116 valence electrons. The summed E-state index contributed by atoms with van der Waals surface area (Å²) >= 11 is 0. The van der Waals surface area contributed by atoms with Crippen molar-refractivity contribution >= 4 is 11.5 Å². The van der Waals surface area contributed by atoms with E-state index in [1.807, 2.05) is 12.1 Å². The van der Waals surface area contributed by atoms with Crippen LogP contribution in [0.4, 0.5) is 5.69 Å². The van der Waals surface area contributed by atoms with Crippen LogP contribution >= 0.6 is 0 Å². The largest absolute Gasteiger partial charge is 0.409 e. The summed E-state index contributed by atoms with van der Waals surface area (Å²) in [6, 6.07) is 6.43. The standard InChI is InChI=1S/C16H26N4O/c1-4-20-10-8-13(9-11-20)19(3)15-12(2)6-5-7-14(15)16(17)18-21/h5-7,13,21H,4,8-11H2,1-3H3,(H2,17,18). The van der Waals surface area contributed by atoms with E-state index in [1.54, 1.807) is 0 Å². The molecule has 1 aliphatic heterocycles. The lowest BCUT2D eigenvalue weighted by atomic mass is 9.99. The average Bonchev–Trinajstić information content (AvgIpc) is 2.53. The molecule has 3 N–H and O–H groups in total. The zero-order valence-electron chi connectivity index (χ0n) is 13.2. The molecule has 0 amide bonds. The van der Waals surface area contributed by atoms with Crippen molar-refractivity contribution in [3.63, 3.8) is 0 Å². The van der Waals surface area contributed by atoms with Crippen LogP contribution in [0.2, 0.25) is 0 Å². The number of rotatable bonds is 4. The lowest BCUT2D eigenvalue weighted by Gasteiger charge is -2.38. The molecule has 0 aromatic heterocycles. The van der Waals surface area contributed by atoms with Crippen LogP contribution in [-0.2, 0) is 0 Å². The molecular formula is C16H26N4O. The summed E-state index contributed by atoms with van der Waals surface area (Å²) in [4.78, 5) is 4.78. The summed E-state index contributed by atoms with van der Waals surface area (Å²) in [7, 11) is 2.11. The quantitative estimate of drug-likeness (QED) is 0.385. The van der Waals surface area contributed by atoms with E-state index in [0.717, 1.165) is 49.3 Å². The number of hydrogen-bond donors (Lipinski definition) is 2. The summed E-state index contributed by atoms with van der Waals surface area (Å²) in [5.41, 5.74) is 8.87. The second kappa shape index (κ2) is 6.80. The molecule has 1 fully saturated rings. The summed E-state index contributed by atoms with van der Waals surface area (Å²) in [5.74, 6) is 0.173. The van der Waals surface area contributed by atoms with E-state index in [0.29, 0.717) is 6.04 Å². The maximum atomic E-state index is 9.00. The van der Waals surface area contributed by atoms with Gasteiger partial charge in [-0.1, -0.05) is 24.2 Å². The SMILES string of the molecule is CCN1CCC(N(C)c2c(C)cccc2/C(N)=N/O)CC1. The Balaban J connectivity index is 2.25. The fraction of sp³-hybridized carbons (Fsp3) is 0.562. The molecule has 1 aromatic carbocycles. The number of piperidine rings is 1. The fourth-order valence-corrected chi connectivity index (χ4v) is 3.19. The Morgan fingerprint density at radius 3 is 2.67 bits per heavy atom. The van der Waals surface area contributed by atoms with E-state index in [-0.39, 0.29) is 5.84 Å². The van der Waals surface area contributed by atoms with E-state index < -0.39 is 0 Å². The Morgan fingerprint density at radius 1 is 1.43 bits per heavy atom. The van der Waals surface area contributed by atoms with Crippen LogP contribution in [0.25, 0.3) is 0 Å². The number of amidine groups is 1. The van der Waals surface area contributed by atoms with Crippen molar-refractivity contribution in [1.29, 1.82) is 0 Å². The van der Waals surface area contributed by atoms with E-state index >= 15 is 0 Å². The molecule has 0 radical (unpaired) electrons. The molecule has 0 bridgehead atoms. The van der Waals surface area contributed by atoms with Crippen LogP contribution in [0.3, 0.4) is 0 Å². The van der Waals surface area contributed by atoms with Crippen molar-refractivity contribution < 1.29 is 5.21 Å². The number of benzene rings is 1. The minimum atomic E-state index is 0.173. The number of nitrogens with two attached hydrogens (primary N) is 1. The first kappa shape index (κ1) is 15.6. The predicted molar refractivity (Wildman–Crippen MR) is 87.2 cm³/mol. The maximum absolute atomic E-state index is 9.00. The molecule has 2 rings (SSSR count). The molecular weight excluding hydrogens is 264 g/mol. The molecule has 0 aliphatic carbocycles. The normalized spacial score (nSPS) is 18.0. The molecule has 0 saturated carbocycles. The first-order chi connectivity index (χ1) is 10.1. The van der Waals surface area contributed by atoms with Crippen LogP contribution in [0.15, 0.2) is 23.4 Å². The number of oxime groups is 1. The van der Waals surface area contributed by atoms with Gasteiger partial charge in [0.1, 0.15) is 0 Å². The zero-order valence-corrected chi connectivity index (χ0v) is 13.2. The van der Waals surface area contributed by atoms with Crippen LogP contribution in [0.1, 0.15) is 30.9 Å². The summed E-state index contributed by atoms with van der Waals surface area (Å²) in [5, 5.41) is 12.2. The van der Waals surface area contributed by atoms with Gasteiger partial charge < -0.3 is 20.7 Å². The molecule has 5 heteroatoms. The third-order valence-corrected chi connectivity index (χ3v) is 4.53. The van der Waals surface area contributed by atoms with E-state index in [9.17, 15) is 0 Å². The van der Waals surface area contributed by atoms with Gasteiger partial charge in [0.05, 0.1) is 5.69 Å². The average molecular weight is 290 g/mol. The number of nitrogens with zero attached hydrogens (tertiary/aromatic N) is 3. The van der Waals surface area contributed by atoms with Crippen molar-refractivity contribution in [2.24, 2.45) is 10.9 Å². The highest BCUT2D eigenvalue weighted by molar-refractivity contribution is 6.02. The molecule has 0 unspecified atom stereocenters. The van der Waals surface area contributed by atoms with Crippen molar-refractivity contribution in [2.75, 3.05) is 31.6 Å². The minimum absolute atomic E-state index is 0.173. The van der Waals surface area contributed by atoms with E-state index in [1.165, 1.54) is 0 Å². The Kier molecular flexibility index (Phi) is 5.07. The van der Waals surface area contributed by atoms with Gasteiger partial charge in [0.15, 0.2) is 5.84 Å². The number of para-hydroxylation sites is 1. The molecule has 21 heavy (non-hydrogen) atoms. The Labute approximate surface area is 127 Å². The zero-order chi connectivity index (χ0) is 15.4. The van der Waals surface area contributed by atoms with Gasteiger partial charge in [-0.05, 0) is 37.9 Å². The molecule has 1 heterocycles. The van der Waals surface area contributed by atoms with Gasteiger partial charge in [0, 0.05) is 31.7 Å². The monoisotopic (exact) mass is 290 g/mol. The first-order valence-corrected chi connectivity index (χ1v) is 7.61. The number of likely N-dealkylation sites (tertiary alicyclic amines) is 1. The lowest BCUT2D eigenvalue weighted by molar-refractivity contribution is 0.221. The summed E-state index contributed by atoms with van der Waals surface area (Å²) in [6.07, 6.45) is 2.29. The fourth-order valence-electron chi connectivity index (χ4n) is 3.19. The van der Waals surface area contributed by atoms with Gasteiger partial charge in [-0.3, -0.25) is 0 Å². The molecule has 0 spiro atoms. The van der Waals surface area contributed by atoms with Gasteiger partial charge in [0.2, 0.25) is 0 Å². The van der Waals surface area contributed by atoms with Crippen molar-refractivity contribution in [3.05, 3.63) is 29.3 Å². The topological polar surface area (TPSA) is 65.1 Å². The van der Waals surface area contributed by atoms with Gasteiger partial charge >= 0.3 is 0 Å². The van der Waals surface area contributed by atoms with Gasteiger partial charge in [-0.15, -0.1) is 0 Å². The predicted octanol–water partition coefficient (Wildman–Crippen LogP) is 2.01. The van der Waals surface area contributed by atoms with Crippen molar-refractivity contribution in [1.82, 2.24) is 4.90 Å². The van der Waals surface area contributed by atoms with Gasteiger partial charge in [-0.25, -0.2) is 0 Å². The van der Waals surface area contributed by atoms with Crippen LogP contribution in [0.5, 0.6) is 0 Å².